The zero-order valence-electron chi connectivity index (χ0n) is 39.5. The molecule has 1 unspecified atom stereocenters. The Kier molecular flexibility index (Phi) is 41.0. The molecule has 2 saturated heterocycles. The number of carboxylic acids is 1. The predicted molar refractivity (Wildman–Crippen MR) is 260 cm³/mol. The Balaban J connectivity index is -0.000000356. The molecular weight excluding hydrogens is 976 g/mol. The van der Waals surface area contributed by atoms with Gasteiger partial charge in [-0.3, -0.25) is 19.2 Å². The van der Waals surface area contributed by atoms with Gasteiger partial charge in [0.2, 0.25) is 0 Å². The Morgan fingerprint density at radius 1 is 0.857 bits per heavy atom. The molecule has 2 aromatic carbocycles. The second-order valence-electron chi connectivity index (χ2n) is 14.0. The molecule has 0 aliphatic carbocycles. The Morgan fingerprint density at radius 3 is 1.51 bits per heavy atom. The Hall–Kier alpha value is -2.68. The van der Waals surface area contributed by atoms with Gasteiger partial charge < -0.3 is 49.5 Å². The summed E-state index contributed by atoms with van der Waals surface area (Å²) in [6.07, 6.45) is 3.60. The Bertz CT molecular complexity index is 1550. The van der Waals surface area contributed by atoms with Crippen molar-refractivity contribution < 1.29 is 77.4 Å². The number of nitrogens with zero attached hydrogens (tertiary/aromatic N) is 3. The molecule has 0 spiro atoms. The molecule has 350 valence electrons. The maximum atomic E-state index is 11.2. The molecule has 1 atom stereocenters. The number of carboxylic acid groups (broad SMARTS) is 1. The molecular formula is C43H71BBr2ClN5NaO10+3. The number of carbonyl (C=O) groups is 5. The van der Waals surface area contributed by atoms with E-state index in [0.717, 1.165) is 65.8 Å². The molecule has 2 aromatic rings. The summed E-state index contributed by atoms with van der Waals surface area (Å²) >= 11 is 6.91. The van der Waals surface area contributed by atoms with Crippen LogP contribution in [0.5, 0.6) is 11.5 Å². The molecule has 0 bridgehead atoms. The Morgan fingerprint density at radius 2 is 1.24 bits per heavy atom. The second kappa shape index (κ2) is 38.6. The molecule has 2 fully saturated rings. The zero-order chi connectivity index (χ0) is 47.2. The van der Waals surface area contributed by atoms with Crippen molar-refractivity contribution in [2.75, 3.05) is 70.8 Å². The van der Waals surface area contributed by atoms with Gasteiger partial charge in [-0.15, -0.1) is 12.4 Å². The minimum atomic E-state index is -1.09. The van der Waals surface area contributed by atoms with Gasteiger partial charge in [-0.05, 0) is 111 Å². The van der Waals surface area contributed by atoms with Gasteiger partial charge in [0.15, 0.2) is 0 Å². The van der Waals surface area contributed by atoms with Gasteiger partial charge in [-0.2, -0.15) is 0 Å². The molecule has 2 aliphatic heterocycles. The molecule has 0 amide bonds. The van der Waals surface area contributed by atoms with E-state index in [9.17, 15) is 19.2 Å². The molecule has 0 saturated carbocycles. The summed E-state index contributed by atoms with van der Waals surface area (Å²) in [7, 11) is 5.82. The van der Waals surface area contributed by atoms with Crippen LogP contribution < -0.4 is 59.9 Å². The summed E-state index contributed by atoms with van der Waals surface area (Å²) in [4.78, 5) is 58.7. The maximum Gasteiger partial charge on any atom is 1.00 e. The van der Waals surface area contributed by atoms with Gasteiger partial charge in [-0.1, -0.05) is 0 Å². The largest absolute Gasteiger partial charge is 1.00 e. The number of ether oxygens (including phenoxy) is 2. The number of carbonyl (C=O) groups excluding carboxylic acids is 4. The summed E-state index contributed by atoms with van der Waals surface area (Å²) in [5, 5.41) is 10.8. The normalized spacial score (nSPS) is 13.2. The van der Waals surface area contributed by atoms with Gasteiger partial charge in [0.25, 0.3) is 17.9 Å². The fourth-order valence-corrected chi connectivity index (χ4v) is 6.65. The van der Waals surface area contributed by atoms with Crippen LogP contribution in [0.3, 0.4) is 0 Å². The van der Waals surface area contributed by atoms with Crippen LogP contribution >= 0.6 is 44.3 Å². The van der Waals surface area contributed by atoms with Crippen LogP contribution in [0.25, 0.3) is 0 Å². The summed E-state index contributed by atoms with van der Waals surface area (Å²) in [6, 6.07) is 13.9. The van der Waals surface area contributed by atoms with E-state index < -0.39 is 25.0 Å². The summed E-state index contributed by atoms with van der Waals surface area (Å²) in [5.74, 6) is -0.138. The third-order valence-corrected chi connectivity index (χ3v) is 10.1. The summed E-state index contributed by atoms with van der Waals surface area (Å²) < 4.78 is 21.7. The van der Waals surface area contributed by atoms with Gasteiger partial charge in [0.05, 0.1) is 43.3 Å². The first kappa shape index (κ1) is 66.9. The SMILES string of the molecule is CC(=O)CB(OC(C)=O)OC(C)=O.CC(=O)O.CN.CNC1CCN(c2ccc(Br)c(OC)c2)CC1.COc1cc(N2CCC(=O)CC2)ccc1Br.Cl.[CH2+]CN(C([CH2+])C)C(C)C.[Na+]. The molecule has 2 heterocycles. The van der Waals surface area contributed by atoms with Crippen molar-refractivity contribution in [3.63, 3.8) is 0 Å². The number of halogens is 3. The van der Waals surface area contributed by atoms with Gasteiger partial charge in [-0.25, -0.2) is 4.90 Å². The van der Waals surface area contributed by atoms with Crippen LogP contribution in [0.1, 0.15) is 74.1 Å². The van der Waals surface area contributed by atoms with E-state index in [4.69, 9.17) is 19.4 Å². The van der Waals surface area contributed by atoms with Crippen LogP contribution in [0.4, 0.5) is 11.4 Å². The number of Topliss-reactive ketones (excluding diaryl/α,β-unsaturated/α-hetero) is 2. The zero-order valence-corrected chi connectivity index (χ0v) is 45.5. The second-order valence-corrected chi connectivity index (χ2v) is 15.7. The molecule has 4 N–H and O–H groups in total. The molecule has 0 aromatic heterocycles. The quantitative estimate of drug-likeness (QED) is 0.201. The number of rotatable bonds is 12. The molecule has 20 heteroatoms. The summed E-state index contributed by atoms with van der Waals surface area (Å²) in [5.41, 5.74) is 6.87. The van der Waals surface area contributed by atoms with Crippen LogP contribution in [-0.4, -0.2) is 126 Å². The topological polar surface area (TPSA) is 190 Å². The van der Waals surface area contributed by atoms with Gasteiger partial charge in [0.1, 0.15) is 35.7 Å². The van der Waals surface area contributed by atoms with Crippen molar-refractivity contribution in [2.24, 2.45) is 5.73 Å². The van der Waals surface area contributed by atoms with Crippen molar-refractivity contribution in [1.82, 2.24) is 10.2 Å². The number of hydrogen-bond acceptors (Lipinski definition) is 14. The number of hydrogen-bond donors (Lipinski definition) is 3. The molecule has 63 heavy (non-hydrogen) atoms. The first-order valence-electron chi connectivity index (χ1n) is 20.0. The molecule has 2 aliphatic rings. The number of ketones is 2. The third kappa shape index (κ3) is 31.0. The average molecular weight is 1050 g/mol. The van der Waals surface area contributed by atoms with E-state index in [2.05, 4.69) is 120 Å². The first-order chi connectivity index (χ1) is 28.7. The number of aliphatic carboxylic acids is 1. The predicted octanol–water partition coefficient (Wildman–Crippen LogP) is 4.31. The minimum Gasteiger partial charge on any atom is -0.499 e. The number of anilines is 2. The maximum absolute atomic E-state index is 11.2. The fraction of sp³-hybridized carbons (Fsp3) is 0.558. The van der Waals surface area contributed by atoms with E-state index in [1.165, 1.54) is 46.3 Å². The van der Waals surface area contributed by atoms with Crippen LogP contribution in [0, 0.1) is 13.8 Å². The molecule has 15 nitrogen and oxygen atoms in total. The standard InChI is InChI=1S/C13H19BrN2O.C12H14BrNO2.C8H17N.C7H11BO5.C2H4O2.CH5N.ClH.Na/c1-15-10-5-7-16(8-6-10)11-3-4-12(14)13(9-11)17-2;1-16-12-8-9(2-3-11(12)13)14-6-4-10(15)5-7-14;1-6-9(7(2)3)8(4)5;1-5(9)4-8(12-6(2)10)13-7(3)11;1-2(3)4;1-2;;/h3-4,9-10,15H,5-8H2,1-2H3;2-3,8H,4-7H2,1H3;7-8H,1-2,6H2,3-5H3;4H2,1-3H3;1H3,(H,3,4);2H2,1H3;1H;/q;;+2;;;;;+1. The van der Waals surface area contributed by atoms with Gasteiger partial charge >= 0.3 is 36.7 Å². The smallest absolute Gasteiger partial charge is 0.499 e. The van der Waals surface area contributed by atoms with Crippen LogP contribution in [0.2, 0.25) is 6.32 Å². The first-order valence-corrected chi connectivity index (χ1v) is 21.6. The number of piperidine rings is 2. The van der Waals surface area contributed by atoms with Crippen molar-refractivity contribution in [1.29, 1.82) is 0 Å². The number of benzene rings is 2. The monoisotopic (exact) mass is 1040 g/mol. The Labute approximate surface area is 422 Å². The van der Waals surface area contributed by atoms with E-state index in [0.29, 0.717) is 36.8 Å². The van der Waals surface area contributed by atoms with E-state index >= 15 is 0 Å². The van der Waals surface area contributed by atoms with E-state index in [1.54, 1.807) is 14.2 Å². The van der Waals surface area contributed by atoms with Crippen molar-refractivity contribution >= 4 is 92.2 Å². The van der Waals surface area contributed by atoms with Crippen LogP contribution in [-0.2, 0) is 33.3 Å². The number of nitrogens with two attached hydrogens (primary N) is 1. The van der Waals surface area contributed by atoms with E-state index in [1.807, 2.05) is 25.2 Å². The van der Waals surface area contributed by atoms with E-state index in [-0.39, 0.29) is 54.1 Å². The number of nitrogens with one attached hydrogen (secondary N) is 1. The van der Waals surface area contributed by atoms with Crippen LogP contribution in [0.15, 0.2) is 45.3 Å². The fourth-order valence-electron chi connectivity index (χ4n) is 5.83. The van der Waals surface area contributed by atoms with Crippen molar-refractivity contribution in [3.05, 3.63) is 59.2 Å². The molecule has 4 rings (SSSR count). The summed E-state index contributed by atoms with van der Waals surface area (Å²) in [6.45, 7) is 23.6. The van der Waals surface area contributed by atoms with Gasteiger partial charge in [0, 0.05) is 95.4 Å². The number of methoxy groups -OCH3 is 2. The third-order valence-electron chi connectivity index (χ3n) is 8.76. The van der Waals surface area contributed by atoms with Crippen molar-refractivity contribution in [2.45, 2.75) is 98.6 Å². The average Bonchev–Trinajstić information content (AvgIpc) is 3.19. The van der Waals surface area contributed by atoms with Crippen molar-refractivity contribution in [3.8, 4) is 11.5 Å². The molecule has 0 radical (unpaired) electrons. The minimum absolute atomic E-state index is 0.